The maximum Gasteiger partial charge on any atom is 0.191 e. The molecule has 1 aromatic carbocycles. The molecular formula is C19H28N4O3S. The average Bonchev–Trinajstić information content (AvgIpc) is 3.08. The van der Waals surface area contributed by atoms with Gasteiger partial charge in [0.25, 0.3) is 0 Å². The summed E-state index contributed by atoms with van der Waals surface area (Å²) < 4.78 is 30.1. The molecule has 148 valence electrons. The van der Waals surface area contributed by atoms with Crippen molar-refractivity contribution in [1.29, 1.82) is 0 Å². The van der Waals surface area contributed by atoms with Crippen molar-refractivity contribution in [2.45, 2.75) is 45.1 Å². The second kappa shape index (κ2) is 10.1. The molecule has 8 heteroatoms. The SMILES string of the molecule is CCNC(=NCc1c(CC)noc1CC)NCCS(=O)(=O)c1ccccc1. The third-order valence-electron chi connectivity index (χ3n) is 4.11. The van der Waals surface area contributed by atoms with Gasteiger partial charge in [-0.05, 0) is 25.5 Å². The maximum absolute atomic E-state index is 12.4. The van der Waals surface area contributed by atoms with Crippen LogP contribution in [-0.2, 0) is 29.2 Å². The van der Waals surface area contributed by atoms with Crippen molar-refractivity contribution in [2.24, 2.45) is 4.99 Å². The minimum Gasteiger partial charge on any atom is -0.361 e. The number of aromatic nitrogens is 1. The molecule has 0 fully saturated rings. The van der Waals surface area contributed by atoms with Crippen molar-refractivity contribution in [2.75, 3.05) is 18.8 Å². The third kappa shape index (κ3) is 5.82. The fourth-order valence-corrected chi connectivity index (χ4v) is 3.84. The number of rotatable bonds is 9. The molecule has 2 aromatic rings. The first-order valence-corrected chi connectivity index (χ1v) is 10.9. The van der Waals surface area contributed by atoms with Gasteiger partial charge in [0.1, 0.15) is 5.76 Å². The van der Waals surface area contributed by atoms with Gasteiger partial charge in [-0.1, -0.05) is 37.2 Å². The van der Waals surface area contributed by atoms with Crippen LogP contribution in [0, 0.1) is 0 Å². The van der Waals surface area contributed by atoms with Crippen molar-refractivity contribution in [3.63, 3.8) is 0 Å². The average molecular weight is 393 g/mol. The van der Waals surface area contributed by atoms with Gasteiger partial charge in [0.05, 0.1) is 22.9 Å². The third-order valence-corrected chi connectivity index (χ3v) is 5.84. The van der Waals surface area contributed by atoms with Gasteiger partial charge in [-0.2, -0.15) is 0 Å². The summed E-state index contributed by atoms with van der Waals surface area (Å²) in [4.78, 5) is 4.90. The van der Waals surface area contributed by atoms with Crippen molar-refractivity contribution in [3.8, 4) is 0 Å². The van der Waals surface area contributed by atoms with Crippen LogP contribution in [0.15, 0.2) is 44.7 Å². The number of aliphatic imine (C=N–C) groups is 1. The van der Waals surface area contributed by atoms with E-state index in [2.05, 4.69) is 20.8 Å². The molecule has 1 heterocycles. The minimum absolute atomic E-state index is 0.00485. The van der Waals surface area contributed by atoms with Gasteiger partial charge in [0.15, 0.2) is 15.8 Å². The monoisotopic (exact) mass is 392 g/mol. The molecule has 0 spiro atoms. The first-order chi connectivity index (χ1) is 13.0. The molecule has 2 N–H and O–H groups in total. The summed E-state index contributed by atoms with van der Waals surface area (Å²) in [5.41, 5.74) is 1.92. The van der Waals surface area contributed by atoms with Crippen LogP contribution >= 0.6 is 0 Å². The van der Waals surface area contributed by atoms with Crippen LogP contribution in [-0.4, -0.2) is 38.4 Å². The summed E-state index contributed by atoms with van der Waals surface area (Å²) >= 11 is 0. The van der Waals surface area contributed by atoms with Crippen molar-refractivity contribution >= 4 is 15.8 Å². The molecule has 0 saturated heterocycles. The molecule has 0 unspecified atom stereocenters. The molecule has 2 rings (SSSR count). The molecule has 0 saturated carbocycles. The lowest BCUT2D eigenvalue weighted by Crippen LogP contribution is -2.39. The Bertz CT molecular complexity index is 824. The number of nitrogens with one attached hydrogen (secondary N) is 2. The van der Waals surface area contributed by atoms with Gasteiger partial charge in [0.2, 0.25) is 0 Å². The molecule has 0 bridgehead atoms. The molecule has 1 aromatic heterocycles. The van der Waals surface area contributed by atoms with E-state index in [1.165, 1.54) is 0 Å². The molecule has 27 heavy (non-hydrogen) atoms. The van der Waals surface area contributed by atoms with Gasteiger partial charge in [-0.25, -0.2) is 13.4 Å². The lowest BCUT2D eigenvalue weighted by molar-refractivity contribution is 0.380. The first-order valence-electron chi connectivity index (χ1n) is 9.28. The summed E-state index contributed by atoms with van der Waals surface area (Å²) in [6, 6.07) is 8.47. The zero-order valence-corrected chi connectivity index (χ0v) is 17.0. The molecule has 0 aliphatic rings. The van der Waals surface area contributed by atoms with E-state index < -0.39 is 9.84 Å². The summed E-state index contributed by atoms with van der Waals surface area (Å²) in [5, 5.41) is 10.3. The molecule has 0 amide bonds. The molecule has 7 nitrogen and oxygen atoms in total. The Morgan fingerprint density at radius 3 is 2.48 bits per heavy atom. The number of hydrogen-bond acceptors (Lipinski definition) is 5. The van der Waals surface area contributed by atoms with E-state index in [0.717, 1.165) is 29.9 Å². The van der Waals surface area contributed by atoms with Gasteiger partial charge >= 0.3 is 0 Å². The summed E-state index contributed by atoms with van der Waals surface area (Å²) in [5.74, 6) is 1.42. The number of guanidine groups is 1. The van der Waals surface area contributed by atoms with Crippen LogP contribution in [0.4, 0.5) is 0 Å². The normalized spacial score (nSPS) is 12.2. The zero-order valence-electron chi connectivity index (χ0n) is 16.2. The number of hydrogen-bond donors (Lipinski definition) is 2. The van der Waals surface area contributed by atoms with Crippen LogP contribution in [0.25, 0.3) is 0 Å². The molecular weight excluding hydrogens is 364 g/mol. The highest BCUT2D eigenvalue weighted by Crippen LogP contribution is 2.16. The zero-order chi connectivity index (χ0) is 19.7. The largest absolute Gasteiger partial charge is 0.361 e. The van der Waals surface area contributed by atoms with Crippen LogP contribution in [0.2, 0.25) is 0 Å². The number of benzene rings is 1. The van der Waals surface area contributed by atoms with Gasteiger partial charge in [-0.3, -0.25) is 0 Å². The molecule has 0 aliphatic heterocycles. The topological polar surface area (TPSA) is 96.6 Å². The maximum atomic E-state index is 12.4. The highest BCUT2D eigenvalue weighted by atomic mass is 32.2. The predicted octanol–water partition coefficient (Wildman–Crippen LogP) is 2.33. The smallest absolute Gasteiger partial charge is 0.191 e. The van der Waals surface area contributed by atoms with E-state index >= 15 is 0 Å². The number of sulfone groups is 1. The van der Waals surface area contributed by atoms with E-state index in [1.54, 1.807) is 30.3 Å². The summed E-state index contributed by atoms with van der Waals surface area (Å²) in [6.45, 7) is 7.41. The Labute approximate surface area is 161 Å². The Morgan fingerprint density at radius 2 is 1.85 bits per heavy atom. The van der Waals surface area contributed by atoms with Crippen LogP contribution in [0.5, 0.6) is 0 Å². The van der Waals surface area contributed by atoms with E-state index in [4.69, 9.17) is 4.52 Å². The molecule has 0 atom stereocenters. The Morgan fingerprint density at radius 1 is 1.11 bits per heavy atom. The number of aryl methyl sites for hydroxylation is 2. The van der Waals surface area contributed by atoms with Gasteiger partial charge in [0, 0.05) is 25.1 Å². The fourth-order valence-electron chi connectivity index (χ4n) is 2.67. The first kappa shape index (κ1) is 21.0. The molecule has 0 aliphatic carbocycles. The van der Waals surface area contributed by atoms with Crippen molar-refractivity contribution in [1.82, 2.24) is 15.8 Å². The van der Waals surface area contributed by atoms with Gasteiger partial charge < -0.3 is 15.2 Å². The highest BCUT2D eigenvalue weighted by molar-refractivity contribution is 7.91. The van der Waals surface area contributed by atoms with Crippen molar-refractivity contribution < 1.29 is 12.9 Å². The van der Waals surface area contributed by atoms with E-state index in [0.29, 0.717) is 23.9 Å². The van der Waals surface area contributed by atoms with Gasteiger partial charge in [-0.15, -0.1) is 0 Å². The quantitative estimate of drug-likeness (QED) is 0.502. The van der Waals surface area contributed by atoms with E-state index in [-0.39, 0.29) is 12.3 Å². The lowest BCUT2D eigenvalue weighted by atomic mass is 10.1. The Balaban J connectivity index is 2.01. The highest BCUT2D eigenvalue weighted by Gasteiger charge is 2.15. The van der Waals surface area contributed by atoms with Crippen LogP contribution < -0.4 is 10.6 Å². The summed E-state index contributed by atoms with van der Waals surface area (Å²) in [6.07, 6.45) is 1.55. The summed E-state index contributed by atoms with van der Waals surface area (Å²) in [7, 11) is -3.32. The minimum atomic E-state index is -3.32. The van der Waals surface area contributed by atoms with Crippen LogP contribution in [0.1, 0.15) is 37.8 Å². The van der Waals surface area contributed by atoms with Crippen LogP contribution in [0.3, 0.4) is 0 Å². The second-order valence-corrected chi connectivity index (χ2v) is 8.10. The second-order valence-electron chi connectivity index (χ2n) is 5.99. The molecule has 0 radical (unpaired) electrons. The Hall–Kier alpha value is -2.35. The Kier molecular flexibility index (Phi) is 7.84. The predicted molar refractivity (Wildman–Crippen MR) is 107 cm³/mol. The van der Waals surface area contributed by atoms with E-state index in [1.807, 2.05) is 20.8 Å². The van der Waals surface area contributed by atoms with E-state index in [9.17, 15) is 8.42 Å². The lowest BCUT2D eigenvalue weighted by Gasteiger charge is -2.11. The number of nitrogens with zero attached hydrogens (tertiary/aromatic N) is 2. The fraction of sp³-hybridized carbons (Fsp3) is 0.474. The standard InChI is InChI=1S/C19H28N4O3S/c1-4-17-16(18(5-2)26-23-17)14-22-19(20-6-3)21-12-13-27(24,25)15-10-8-7-9-11-15/h7-11H,4-6,12-14H2,1-3H3,(H2,20,21,22). The van der Waals surface area contributed by atoms with Crippen molar-refractivity contribution in [3.05, 3.63) is 47.3 Å².